The van der Waals surface area contributed by atoms with Crippen LogP contribution in [0, 0.1) is 0 Å². The summed E-state index contributed by atoms with van der Waals surface area (Å²) in [6.07, 6.45) is 1.92. The Labute approximate surface area is 147 Å². The van der Waals surface area contributed by atoms with Gasteiger partial charge >= 0.3 is 6.09 Å². The molecule has 4 heterocycles. The van der Waals surface area contributed by atoms with E-state index in [-0.39, 0.29) is 12.0 Å². The van der Waals surface area contributed by atoms with E-state index in [1.54, 1.807) is 11.3 Å². The van der Waals surface area contributed by atoms with Crippen molar-refractivity contribution in [2.45, 2.75) is 24.9 Å². The van der Waals surface area contributed by atoms with E-state index in [4.69, 9.17) is 4.74 Å². The van der Waals surface area contributed by atoms with Gasteiger partial charge in [-0.2, -0.15) is 0 Å². The predicted molar refractivity (Wildman–Crippen MR) is 92.4 cm³/mol. The van der Waals surface area contributed by atoms with Gasteiger partial charge in [-0.25, -0.2) is 9.78 Å². The number of carbonyl (C=O) groups excluding carboxylic acids is 2. The Balaban J connectivity index is 1.46. The molecule has 2 aromatic rings. The minimum absolute atomic E-state index is 0.0385. The molecule has 0 bridgehead atoms. The zero-order chi connectivity index (χ0) is 16.6. The second-order valence-corrected chi connectivity index (χ2v) is 7.89. The van der Waals surface area contributed by atoms with Crippen molar-refractivity contribution < 1.29 is 14.3 Å². The summed E-state index contributed by atoms with van der Waals surface area (Å²) in [4.78, 5) is 31.5. The maximum atomic E-state index is 12.8. The molecule has 4 rings (SSSR count). The second-order valence-electron chi connectivity index (χ2n) is 6.09. The number of ether oxygens (including phenoxy) is 1. The van der Waals surface area contributed by atoms with Crippen LogP contribution in [-0.4, -0.2) is 47.1 Å². The molecule has 0 radical (unpaired) electrons. The number of thiophene rings is 1. The van der Waals surface area contributed by atoms with Crippen molar-refractivity contribution >= 4 is 34.7 Å². The lowest BCUT2D eigenvalue weighted by molar-refractivity contribution is 0.0438. The van der Waals surface area contributed by atoms with Crippen molar-refractivity contribution in [2.75, 3.05) is 19.6 Å². The molecule has 6 nitrogen and oxygen atoms in total. The van der Waals surface area contributed by atoms with E-state index in [0.29, 0.717) is 31.7 Å². The van der Waals surface area contributed by atoms with Gasteiger partial charge in [0, 0.05) is 24.9 Å². The first-order valence-corrected chi connectivity index (χ1v) is 9.67. The fraction of sp³-hybridized carbons (Fsp3) is 0.438. The zero-order valence-electron chi connectivity index (χ0n) is 13.0. The Kier molecular flexibility index (Phi) is 4.01. The van der Waals surface area contributed by atoms with Gasteiger partial charge in [-0.05, 0) is 24.3 Å². The number of rotatable bonds is 2. The number of hydrogen-bond acceptors (Lipinski definition) is 6. The summed E-state index contributed by atoms with van der Waals surface area (Å²) in [5, 5.41) is 7.44. The minimum Gasteiger partial charge on any atom is -0.441 e. The lowest BCUT2D eigenvalue weighted by atomic mass is 9.95. The Morgan fingerprint density at radius 3 is 3.00 bits per heavy atom. The molecular weight excluding hydrogens is 346 g/mol. The largest absolute Gasteiger partial charge is 0.441 e. The summed E-state index contributed by atoms with van der Waals surface area (Å²) >= 11 is 3.12. The summed E-state index contributed by atoms with van der Waals surface area (Å²) < 4.78 is 5.46. The third-order valence-corrected chi connectivity index (χ3v) is 6.39. The highest BCUT2D eigenvalue weighted by molar-refractivity contribution is 7.20. The lowest BCUT2D eigenvalue weighted by Crippen LogP contribution is -2.36. The molecule has 2 aromatic heterocycles. The zero-order valence-corrected chi connectivity index (χ0v) is 14.6. The van der Waals surface area contributed by atoms with Gasteiger partial charge in [-0.3, -0.25) is 4.79 Å². The highest BCUT2D eigenvalue weighted by atomic mass is 32.1. The first kappa shape index (κ1) is 15.6. The van der Waals surface area contributed by atoms with Crippen LogP contribution < -0.4 is 5.32 Å². The van der Waals surface area contributed by atoms with Gasteiger partial charge in [0.25, 0.3) is 5.91 Å². The van der Waals surface area contributed by atoms with Crippen molar-refractivity contribution in [2.24, 2.45) is 0 Å². The maximum Gasteiger partial charge on any atom is 0.407 e. The average molecular weight is 363 g/mol. The third kappa shape index (κ3) is 2.91. The summed E-state index contributed by atoms with van der Waals surface area (Å²) in [5.74, 6) is -0.0385. The van der Waals surface area contributed by atoms with Gasteiger partial charge in [0.2, 0.25) is 0 Å². The summed E-state index contributed by atoms with van der Waals surface area (Å²) in [7, 11) is 0. The van der Waals surface area contributed by atoms with Crippen LogP contribution in [0.1, 0.15) is 29.8 Å². The molecule has 24 heavy (non-hydrogen) atoms. The number of amides is 2. The molecule has 0 aromatic carbocycles. The number of aromatic nitrogens is 1. The highest BCUT2D eigenvalue weighted by Gasteiger charge is 2.42. The van der Waals surface area contributed by atoms with Gasteiger partial charge in [0.1, 0.15) is 16.3 Å². The molecule has 0 saturated carbocycles. The van der Waals surface area contributed by atoms with Crippen molar-refractivity contribution in [1.29, 1.82) is 0 Å². The minimum atomic E-state index is -0.448. The van der Waals surface area contributed by atoms with E-state index < -0.39 is 5.60 Å². The molecule has 2 saturated heterocycles. The van der Waals surface area contributed by atoms with E-state index in [1.807, 2.05) is 27.8 Å². The molecule has 0 unspecified atom stereocenters. The number of nitrogens with zero attached hydrogens (tertiary/aromatic N) is 2. The number of likely N-dealkylation sites (tertiary alicyclic amines) is 1. The van der Waals surface area contributed by atoms with E-state index in [1.165, 1.54) is 11.3 Å². The van der Waals surface area contributed by atoms with Crippen LogP contribution in [0.5, 0.6) is 0 Å². The van der Waals surface area contributed by atoms with Crippen LogP contribution in [0.4, 0.5) is 4.79 Å². The Hall–Kier alpha value is -1.93. The van der Waals surface area contributed by atoms with E-state index in [0.717, 1.165) is 22.7 Å². The molecule has 8 heteroatoms. The Morgan fingerprint density at radius 2 is 2.25 bits per heavy atom. The van der Waals surface area contributed by atoms with Gasteiger partial charge in [0.05, 0.1) is 11.4 Å². The molecule has 2 aliphatic rings. The van der Waals surface area contributed by atoms with Crippen molar-refractivity contribution in [1.82, 2.24) is 15.2 Å². The van der Waals surface area contributed by atoms with Crippen LogP contribution in [0.3, 0.4) is 0 Å². The normalized spacial score (nSPS) is 23.8. The maximum absolute atomic E-state index is 12.8. The Bertz CT molecular complexity index is 758. The molecule has 1 spiro atoms. The fourth-order valence-corrected chi connectivity index (χ4v) is 4.81. The molecule has 1 N–H and O–H groups in total. The van der Waals surface area contributed by atoms with Crippen LogP contribution >= 0.6 is 22.7 Å². The third-order valence-electron chi connectivity index (χ3n) is 4.50. The quantitative estimate of drug-likeness (QED) is 0.890. The standard InChI is InChI=1S/C16H17N3O3S2/c20-14(11-9-24-13(18-11)12-3-1-8-23-12)19-6-2-4-16(5-7-19)10-17-15(21)22-16/h1,3,8-9H,2,4-7,10H2,(H,17,21)/t16-/m0/s1. The van der Waals surface area contributed by atoms with Crippen LogP contribution in [0.2, 0.25) is 0 Å². The van der Waals surface area contributed by atoms with Gasteiger partial charge in [-0.1, -0.05) is 6.07 Å². The molecule has 1 atom stereocenters. The smallest absolute Gasteiger partial charge is 0.407 e. The molecular formula is C16H17N3O3S2. The van der Waals surface area contributed by atoms with Crippen LogP contribution in [0.15, 0.2) is 22.9 Å². The van der Waals surface area contributed by atoms with Crippen LogP contribution in [-0.2, 0) is 4.74 Å². The topological polar surface area (TPSA) is 71.5 Å². The molecule has 2 aliphatic heterocycles. The number of alkyl carbamates (subject to hydrolysis) is 1. The van der Waals surface area contributed by atoms with E-state index in [2.05, 4.69) is 10.3 Å². The average Bonchev–Trinajstić information content (AvgIpc) is 3.28. The fourth-order valence-electron chi connectivity index (χ4n) is 3.20. The summed E-state index contributed by atoms with van der Waals surface area (Å²) in [5.41, 5.74) is 0.0527. The van der Waals surface area contributed by atoms with Gasteiger partial charge < -0.3 is 15.0 Å². The van der Waals surface area contributed by atoms with Gasteiger partial charge in [-0.15, -0.1) is 22.7 Å². The first-order chi connectivity index (χ1) is 11.7. The molecule has 0 aliphatic carbocycles. The predicted octanol–water partition coefficient (Wildman–Crippen LogP) is 2.98. The number of nitrogens with one attached hydrogen (secondary N) is 1. The molecule has 2 amide bonds. The second kappa shape index (κ2) is 6.18. The van der Waals surface area contributed by atoms with Crippen molar-refractivity contribution in [3.8, 4) is 9.88 Å². The summed E-state index contributed by atoms with van der Waals surface area (Å²) in [6.45, 7) is 1.79. The monoisotopic (exact) mass is 363 g/mol. The van der Waals surface area contributed by atoms with Crippen molar-refractivity contribution in [3.63, 3.8) is 0 Å². The van der Waals surface area contributed by atoms with Crippen molar-refractivity contribution in [3.05, 3.63) is 28.6 Å². The number of thiazole rings is 1. The number of carbonyl (C=O) groups is 2. The lowest BCUT2D eigenvalue weighted by Gasteiger charge is -2.24. The Morgan fingerprint density at radius 1 is 1.33 bits per heavy atom. The van der Waals surface area contributed by atoms with Crippen LogP contribution in [0.25, 0.3) is 9.88 Å². The van der Waals surface area contributed by atoms with E-state index in [9.17, 15) is 9.59 Å². The molecule has 2 fully saturated rings. The van der Waals surface area contributed by atoms with E-state index >= 15 is 0 Å². The summed E-state index contributed by atoms with van der Waals surface area (Å²) in [6, 6.07) is 3.99. The SMILES string of the molecule is O=C1NC[C@@]2(CCCN(C(=O)c3csc(-c4cccs4)n3)CC2)O1. The first-order valence-electron chi connectivity index (χ1n) is 7.91. The molecule has 126 valence electrons. The highest BCUT2D eigenvalue weighted by Crippen LogP contribution is 2.31. The number of hydrogen-bond donors (Lipinski definition) is 1. The van der Waals surface area contributed by atoms with Gasteiger partial charge in [0.15, 0.2) is 0 Å².